The number of pyridine rings is 1. The summed E-state index contributed by atoms with van der Waals surface area (Å²) in [7, 11) is 2.08. The lowest BCUT2D eigenvalue weighted by Crippen LogP contribution is -2.44. The van der Waals surface area contributed by atoms with Gasteiger partial charge in [-0.25, -0.2) is 14.8 Å². The number of carbonyl (C=O) groups is 2. The summed E-state index contributed by atoms with van der Waals surface area (Å²) >= 11 is 0. The number of anilines is 1. The molecule has 1 aliphatic heterocycles. The molecule has 0 bridgehead atoms. The van der Waals surface area contributed by atoms with E-state index in [1.165, 1.54) is 0 Å². The molecule has 0 radical (unpaired) electrons. The molecule has 3 aliphatic rings. The van der Waals surface area contributed by atoms with Crippen molar-refractivity contribution in [2.24, 2.45) is 5.41 Å². The van der Waals surface area contributed by atoms with E-state index in [1.807, 2.05) is 6.92 Å². The Morgan fingerprint density at radius 1 is 1.16 bits per heavy atom. The highest BCUT2D eigenvalue weighted by atomic mass is 16.6. The number of allylic oxidation sites excluding steroid dienone is 1. The minimum Gasteiger partial charge on any atom is -0.504 e. The van der Waals surface area contributed by atoms with Gasteiger partial charge in [0, 0.05) is 35.9 Å². The van der Waals surface area contributed by atoms with Gasteiger partial charge >= 0.3 is 6.09 Å². The van der Waals surface area contributed by atoms with Crippen LogP contribution in [0.4, 0.5) is 10.6 Å². The van der Waals surface area contributed by atoms with Crippen LogP contribution in [0.1, 0.15) is 91.3 Å². The largest absolute Gasteiger partial charge is 0.504 e. The van der Waals surface area contributed by atoms with Crippen molar-refractivity contribution < 1.29 is 24.2 Å². The number of ether oxygens (including phenoxy) is 2. The normalized spacial score (nSPS) is 24.7. The summed E-state index contributed by atoms with van der Waals surface area (Å²) < 4.78 is 11.7. The van der Waals surface area contributed by atoms with Gasteiger partial charge in [0.15, 0.2) is 11.6 Å². The molecule has 3 heterocycles. The molecular formula is C33H44N6O5. The van der Waals surface area contributed by atoms with Crippen LogP contribution in [-0.4, -0.2) is 73.9 Å². The molecule has 3 N–H and O–H groups in total. The van der Waals surface area contributed by atoms with Gasteiger partial charge in [0.25, 0.3) is 0 Å². The van der Waals surface area contributed by atoms with Gasteiger partial charge in [-0.2, -0.15) is 4.98 Å². The number of likely N-dealkylation sites (tertiary alicyclic amines) is 1. The first-order chi connectivity index (χ1) is 20.9. The Morgan fingerprint density at radius 2 is 1.93 bits per heavy atom. The highest BCUT2D eigenvalue weighted by Gasteiger charge is 2.47. The second-order valence-corrected chi connectivity index (χ2v) is 13.3. The number of nitrogens with one attached hydrogen (secondary N) is 2. The molecule has 1 saturated heterocycles. The SMILES string of the molecule is C[C@H](Oc1cc(-c2ccc(NC(=O)OC(C)(C)C)nc2)nc(/C(O)=C2\CCC[C@@]3(CCCCC3=O)C2=N)n1)[C@@H]1CCCN1C. The predicted octanol–water partition coefficient (Wildman–Crippen LogP) is 6.35. The highest BCUT2D eigenvalue weighted by Crippen LogP contribution is 2.46. The number of hydrogen-bond acceptors (Lipinski definition) is 10. The van der Waals surface area contributed by atoms with Crippen molar-refractivity contribution in [3.63, 3.8) is 0 Å². The molecular weight excluding hydrogens is 560 g/mol. The summed E-state index contributed by atoms with van der Waals surface area (Å²) in [5, 5.41) is 23.3. The van der Waals surface area contributed by atoms with Crippen molar-refractivity contribution in [3.8, 4) is 17.1 Å². The van der Waals surface area contributed by atoms with Crippen molar-refractivity contribution in [1.29, 1.82) is 5.41 Å². The number of hydrogen-bond donors (Lipinski definition) is 3. The van der Waals surface area contributed by atoms with Crippen LogP contribution in [0.25, 0.3) is 17.0 Å². The lowest BCUT2D eigenvalue weighted by atomic mass is 9.62. The summed E-state index contributed by atoms with van der Waals surface area (Å²) in [6.45, 7) is 8.37. The van der Waals surface area contributed by atoms with E-state index in [4.69, 9.17) is 14.9 Å². The van der Waals surface area contributed by atoms with Crippen molar-refractivity contribution >= 4 is 29.2 Å². The fourth-order valence-corrected chi connectivity index (χ4v) is 6.66. The van der Waals surface area contributed by atoms with E-state index in [-0.39, 0.29) is 35.2 Å². The standard InChI is InChI=1S/C33H44N6O5/c1-20(24-11-9-17-39(24)5)43-27-18-23(21-13-14-26(35-19-21)37-31(42)44-32(2,3)4)36-30(38-27)28(41)22-10-8-16-33(29(22)34)15-7-6-12-25(33)40/h13-14,18-20,24,34,41H,6-12,15-17H2,1-5H3,(H,35,37,42)/b28-22-,34-29?/t20-,24-,33+/m0/s1. The first-order valence-corrected chi connectivity index (χ1v) is 15.6. The topological polar surface area (TPSA) is 151 Å². The molecule has 2 aromatic heterocycles. The molecule has 3 fully saturated rings. The number of aliphatic hydroxyl groups is 1. The monoisotopic (exact) mass is 604 g/mol. The summed E-state index contributed by atoms with van der Waals surface area (Å²) in [6, 6.07) is 5.34. The minimum absolute atomic E-state index is 0.0421. The lowest BCUT2D eigenvalue weighted by Gasteiger charge is -2.40. The summed E-state index contributed by atoms with van der Waals surface area (Å²) in [5.41, 5.74) is 0.229. The van der Waals surface area contributed by atoms with E-state index < -0.39 is 17.1 Å². The quantitative estimate of drug-likeness (QED) is 0.320. The summed E-state index contributed by atoms with van der Waals surface area (Å²) in [4.78, 5) is 41.2. The number of carbonyl (C=O) groups excluding carboxylic acids is 2. The Morgan fingerprint density at radius 3 is 2.59 bits per heavy atom. The van der Waals surface area contributed by atoms with Crippen LogP contribution in [0.3, 0.4) is 0 Å². The van der Waals surface area contributed by atoms with Crippen molar-refractivity contribution in [3.05, 3.63) is 35.8 Å². The third-order valence-corrected chi connectivity index (χ3v) is 8.92. The van der Waals surface area contributed by atoms with Gasteiger partial charge in [0.1, 0.15) is 23.3 Å². The first kappa shape index (κ1) is 31.6. The van der Waals surface area contributed by atoms with Crippen LogP contribution in [0.2, 0.25) is 0 Å². The zero-order valence-electron chi connectivity index (χ0n) is 26.4. The molecule has 11 nitrogen and oxygen atoms in total. The molecule has 2 saturated carbocycles. The van der Waals surface area contributed by atoms with Gasteiger partial charge in [-0.1, -0.05) is 6.42 Å². The molecule has 5 rings (SSSR count). The van der Waals surface area contributed by atoms with Gasteiger partial charge in [-0.3, -0.25) is 15.0 Å². The van der Waals surface area contributed by atoms with Gasteiger partial charge < -0.3 is 20.0 Å². The Bertz CT molecular complexity index is 1450. The fraction of sp³-hybridized carbons (Fsp3) is 0.576. The average molecular weight is 605 g/mol. The van der Waals surface area contributed by atoms with Crippen LogP contribution in [0, 0.1) is 10.8 Å². The Hall–Kier alpha value is -3.86. The maximum absolute atomic E-state index is 13.1. The summed E-state index contributed by atoms with van der Waals surface area (Å²) in [5.74, 6) is 0.556. The zero-order valence-corrected chi connectivity index (χ0v) is 26.4. The fourth-order valence-electron chi connectivity index (χ4n) is 6.66. The maximum Gasteiger partial charge on any atom is 0.413 e. The van der Waals surface area contributed by atoms with Crippen LogP contribution >= 0.6 is 0 Å². The number of Topliss-reactive ketones (excluding diaryl/α,β-unsaturated/α-hetero) is 1. The van der Waals surface area contributed by atoms with E-state index in [9.17, 15) is 14.7 Å². The number of nitrogens with zero attached hydrogens (tertiary/aromatic N) is 4. The minimum atomic E-state index is -0.834. The summed E-state index contributed by atoms with van der Waals surface area (Å²) in [6.07, 6.45) is 7.57. The molecule has 11 heteroatoms. The molecule has 1 spiro atoms. The molecule has 0 aromatic carbocycles. The molecule has 0 unspecified atom stereocenters. The van der Waals surface area contributed by atoms with Gasteiger partial charge in [-0.15, -0.1) is 0 Å². The van der Waals surface area contributed by atoms with Gasteiger partial charge in [0.05, 0.1) is 16.8 Å². The molecule has 44 heavy (non-hydrogen) atoms. The number of ketones is 1. The Balaban J connectivity index is 1.49. The van der Waals surface area contributed by atoms with Gasteiger partial charge in [-0.05, 0) is 98.4 Å². The third-order valence-electron chi connectivity index (χ3n) is 8.92. The molecule has 3 atom stereocenters. The van der Waals surface area contributed by atoms with Crippen molar-refractivity contribution in [1.82, 2.24) is 19.9 Å². The van der Waals surface area contributed by atoms with Crippen LogP contribution < -0.4 is 10.1 Å². The highest BCUT2D eigenvalue weighted by molar-refractivity contribution is 6.18. The van der Waals surface area contributed by atoms with E-state index in [2.05, 4.69) is 32.2 Å². The van der Waals surface area contributed by atoms with Crippen LogP contribution in [0.15, 0.2) is 30.0 Å². The van der Waals surface area contributed by atoms with Crippen LogP contribution in [0.5, 0.6) is 5.88 Å². The van der Waals surface area contributed by atoms with Crippen LogP contribution in [-0.2, 0) is 9.53 Å². The lowest BCUT2D eigenvalue weighted by molar-refractivity contribution is -0.128. The van der Waals surface area contributed by atoms with E-state index in [0.717, 1.165) is 32.2 Å². The number of likely N-dealkylation sites (N-methyl/N-ethyl adjacent to an activating group) is 1. The third kappa shape index (κ3) is 6.77. The molecule has 2 aromatic rings. The Labute approximate surface area is 259 Å². The zero-order chi connectivity index (χ0) is 31.6. The number of aromatic nitrogens is 3. The number of rotatable bonds is 6. The average Bonchev–Trinajstić information content (AvgIpc) is 3.40. The smallest absolute Gasteiger partial charge is 0.413 e. The molecule has 236 valence electrons. The van der Waals surface area contributed by atoms with Crippen molar-refractivity contribution in [2.45, 2.75) is 103 Å². The second kappa shape index (κ2) is 12.6. The predicted molar refractivity (Wildman–Crippen MR) is 168 cm³/mol. The van der Waals surface area contributed by atoms with E-state index in [0.29, 0.717) is 60.6 Å². The van der Waals surface area contributed by atoms with Gasteiger partial charge in [0.2, 0.25) is 5.88 Å². The number of amides is 1. The maximum atomic E-state index is 13.1. The molecule has 1 amide bonds. The first-order valence-electron chi connectivity index (χ1n) is 15.6. The van der Waals surface area contributed by atoms with E-state index >= 15 is 0 Å². The van der Waals surface area contributed by atoms with E-state index in [1.54, 1.807) is 45.2 Å². The Kier molecular flexibility index (Phi) is 9.06. The van der Waals surface area contributed by atoms with Crippen molar-refractivity contribution in [2.75, 3.05) is 18.9 Å². The number of aliphatic hydroxyl groups excluding tert-OH is 1. The molecule has 2 aliphatic carbocycles. The second-order valence-electron chi connectivity index (χ2n) is 13.3.